The third-order valence-electron chi connectivity index (χ3n) is 1.14. The summed E-state index contributed by atoms with van der Waals surface area (Å²) in [7, 11) is 0. The zero-order valence-corrected chi connectivity index (χ0v) is 6.82. The summed E-state index contributed by atoms with van der Waals surface area (Å²) in [6.07, 6.45) is 2.13. The molecule has 1 aliphatic heterocycles. The number of thioether (sulfide) groups is 1. The molecule has 0 spiro atoms. The number of hydrogen-bond donors (Lipinski definition) is 0. The van der Waals surface area contributed by atoms with E-state index in [0.29, 0.717) is 0 Å². The lowest BCUT2D eigenvalue weighted by Crippen LogP contribution is -2.20. The molecule has 0 amide bonds. The summed E-state index contributed by atoms with van der Waals surface area (Å²) in [5.74, 6) is 2.12. The zero-order chi connectivity index (χ0) is 6.04. The first kappa shape index (κ1) is 7.04. The molecule has 0 saturated carbocycles. The average Bonchev–Trinajstić information content (AvgIpc) is 1.65. The third-order valence-corrected chi connectivity index (χ3v) is 3.38. The molecular weight excluding hydrogens is 163 g/mol. The summed E-state index contributed by atoms with van der Waals surface area (Å²) in [4.78, 5) is 0. The van der Waals surface area contributed by atoms with Gasteiger partial charge in [-0.2, -0.15) is 11.8 Å². The first-order valence-corrected chi connectivity index (χ1v) is 4.57. The van der Waals surface area contributed by atoms with Crippen molar-refractivity contribution in [2.45, 2.75) is 17.2 Å². The molecule has 0 atom stereocenters. The van der Waals surface area contributed by atoms with Gasteiger partial charge >= 0.3 is 0 Å². The van der Waals surface area contributed by atoms with Crippen molar-refractivity contribution < 1.29 is 0 Å². The maximum atomic E-state index is 5.82. The van der Waals surface area contributed by atoms with Gasteiger partial charge in [-0.25, -0.2) is 0 Å². The van der Waals surface area contributed by atoms with E-state index in [9.17, 15) is 0 Å². The van der Waals surface area contributed by atoms with Crippen molar-refractivity contribution in [2.75, 3.05) is 11.5 Å². The van der Waals surface area contributed by atoms with E-state index in [0.717, 1.165) is 18.6 Å². The molecule has 1 heterocycles. The van der Waals surface area contributed by atoms with Crippen LogP contribution in [0.4, 0.5) is 0 Å². The number of hydrogen-bond acceptors (Lipinski definition) is 1. The van der Waals surface area contributed by atoms with E-state index in [1.54, 1.807) is 0 Å². The molecule has 0 bridgehead atoms. The molecule has 0 aromatic heterocycles. The highest BCUT2D eigenvalue weighted by Gasteiger charge is 2.26. The fourth-order valence-corrected chi connectivity index (χ4v) is 2.39. The van der Waals surface area contributed by atoms with Crippen LogP contribution in [0.5, 0.6) is 0 Å². The number of rotatable bonds is 0. The lowest BCUT2D eigenvalue weighted by atomic mass is 10.2. The molecular formula is C5H8Cl2S. The highest BCUT2D eigenvalue weighted by molar-refractivity contribution is 7.99. The minimum Gasteiger partial charge on any atom is -0.159 e. The van der Waals surface area contributed by atoms with Crippen LogP contribution in [0.1, 0.15) is 12.8 Å². The number of alkyl halides is 2. The van der Waals surface area contributed by atoms with Crippen LogP contribution >= 0.6 is 35.0 Å². The maximum absolute atomic E-state index is 5.82. The molecule has 0 aliphatic carbocycles. The van der Waals surface area contributed by atoms with Gasteiger partial charge in [0.1, 0.15) is 4.33 Å². The molecule has 0 unspecified atom stereocenters. The third kappa shape index (κ3) is 2.04. The SMILES string of the molecule is ClC1(Cl)CCCSC1. The molecule has 0 radical (unpaired) electrons. The second-order valence-corrected chi connectivity index (χ2v) is 4.76. The van der Waals surface area contributed by atoms with Crippen molar-refractivity contribution in [3.05, 3.63) is 0 Å². The van der Waals surface area contributed by atoms with Crippen molar-refractivity contribution in [1.29, 1.82) is 0 Å². The molecule has 8 heavy (non-hydrogen) atoms. The molecule has 1 fully saturated rings. The minimum absolute atomic E-state index is 0.414. The van der Waals surface area contributed by atoms with Gasteiger partial charge in [0.25, 0.3) is 0 Å². The lowest BCUT2D eigenvalue weighted by molar-refractivity contribution is 0.722. The monoisotopic (exact) mass is 170 g/mol. The Hall–Kier alpha value is 0.930. The zero-order valence-electron chi connectivity index (χ0n) is 4.49. The van der Waals surface area contributed by atoms with Crippen molar-refractivity contribution in [3.63, 3.8) is 0 Å². The van der Waals surface area contributed by atoms with E-state index in [1.165, 1.54) is 5.75 Å². The smallest absolute Gasteiger partial charge is 0.127 e. The Morgan fingerprint density at radius 3 is 2.38 bits per heavy atom. The van der Waals surface area contributed by atoms with Crippen LogP contribution in [0.15, 0.2) is 0 Å². The van der Waals surface area contributed by atoms with Gasteiger partial charge in [-0.1, -0.05) is 0 Å². The van der Waals surface area contributed by atoms with Gasteiger partial charge in [0.05, 0.1) is 0 Å². The second kappa shape index (κ2) is 2.68. The van der Waals surface area contributed by atoms with Crippen LogP contribution in [0.2, 0.25) is 0 Å². The van der Waals surface area contributed by atoms with E-state index < -0.39 is 4.33 Å². The predicted molar refractivity (Wildman–Crippen MR) is 41.0 cm³/mol. The molecule has 0 aromatic carbocycles. The highest BCUT2D eigenvalue weighted by Crippen LogP contribution is 2.35. The summed E-state index contributed by atoms with van der Waals surface area (Å²) >= 11 is 13.5. The van der Waals surface area contributed by atoms with E-state index in [1.807, 2.05) is 11.8 Å². The predicted octanol–water partition coefficient (Wildman–Crippen LogP) is 2.69. The summed E-state index contributed by atoms with van der Waals surface area (Å²) in [6, 6.07) is 0. The largest absolute Gasteiger partial charge is 0.159 e. The Kier molecular flexibility index (Phi) is 2.36. The maximum Gasteiger partial charge on any atom is 0.127 e. The van der Waals surface area contributed by atoms with Crippen molar-refractivity contribution in [3.8, 4) is 0 Å². The Labute approximate surface area is 63.9 Å². The Bertz CT molecular complexity index is 74.5. The molecule has 0 nitrogen and oxygen atoms in total. The van der Waals surface area contributed by atoms with E-state index in [-0.39, 0.29) is 0 Å². The van der Waals surface area contributed by atoms with Crippen LogP contribution < -0.4 is 0 Å². The fraction of sp³-hybridized carbons (Fsp3) is 1.00. The summed E-state index contributed by atoms with van der Waals surface area (Å²) in [5.41, 5.74) is 0. The Balaban J connectivity index is 2.33. The van der Waals surface area contributed by atoms with Gasteiger partial charge in [-0.15, -0.1) is 23.2 Å². The minimum atomic E-state index is -0.414. The molecule has 0 N–H and O–H groups in total. The van der Waals surface area contributed by atoms with Gasteiger partial charge in [-0.05, 0) is 18.6 Å². The molecule has 3 heteroatoms. The lowest BCUT2D eigenvalue weighted by Gasteiger charge is -2.23. The summed E-state index contributed by atoms with van der Waals surface area (Å²) in [6.45, 7) is 0. The summed E-state index contributed by atoms with van der Waals surface area (Å²) in [5, 5.41) is 0. The van der Waals surface area contributed by atoms with E-state index >= 15 is 0 Å². The number of halogens is 2. The van der Waals surface area contributed by atoms with Crippen LogP contribution in [0.3, 0.4) is 0 Å². The van der Waals surface area contributed by atoms with E-state index in [2.05, 4.69) is 0 Å². The summed E-state index contributed by atoms with van der Waals surface area (Å²) < 4.78 is -0.414. The Morgan fingerprint density at radius 2 is 2.12 bits per heavy atom. The van der Waals surface area contributed by atoms with Crippen molar-refractivity contribution in [2.24, 2.45) is 0 Å². The van der Waals surface area contributed by atoms with Crippen molar-refractivity contribution >= 4 is 35.0 Å². The fourth-order valence-electron chi connectivity index (χ4n) is 0.727. The van der Waals surface area contributed by atoms with Gasteiger partial charge < -0.3 is 0 Å². The van der Waals surface area contributed by atoms with Gasteiger partial charge in [0.2, 0.25) is 0 Å². The first-order chi connectivity index (χ1) is 3.71. The topological polar surface area (TPSA) is 0 Å². The second-order valence-electron chi connectivity index (χ2n) is 2.01. The van der Waals surface area contributed by atoms with Gasteiger partial charge in [0.15, 0.2) is 0 Å². The van der Waals surface area contributed by atoms with Crippen LogP contribution in [-0.4, -0.2) is 15.8 Å². The molecule has 1 saturated heterocycles. The average molecular weight is 171 g/mol. The Morgan fingerprint density at radius 1 is 1.38 bits per heavy atom. The van der Waals surface area contributed by atoms with E-state index in [4.69, 9.17) is 23.2 Å². The van der Waals surface area contributed by atoms with Crippen LogP contribution in [0, 0.1) is 0 Å². The molecule has 1 rings (SSSR count). The normalized spacial score (nSPS) is 27.8. The first-order valence-electron chi connectivity index (χ1n) is 2.66. The van der Waals surface area contributed by atoms with Gasteiger partial charge in [0, 0.05) is 5.75 Å². The highest BCUT2D eigenvalue weighted by atomic mass is 35.5. The molecule has 48 valence electrons. The standard InChI is InChI=1S/C5H8Cl2S/c6-5(7)2-1-3-8-4-5/h1-4H2. The quantitative estimate of drug-likeness (QED) is 0.505. The molecule has 0 aromatic rings. The van der Waals surface area contributed by atoms with Crippen molar-refractivity contribution in [1.82, 2.24) is 0 Å². The van der Waals surface area contributed by atoms with Crippen LogP contribution in [-0.2, 0) is 0 Å². The van der Waals surface area contributed by atoms with Gasteiger partial charge in [-0.3, -0.25) is 0 Å². The van der Waals surface area contributed by atoms with Crippen LogP contribution in [0.25, 0.3) is 0 Å². The molecule has 1 aliphatic rings.